The van der Waals surface area contributed by atoms with Crippen molar-refractivity contribution in [3.05, 3.63) is 65.2 Å². The van der Waals surface area contributed by atoms with Gasteiger partial charge >= 0.3 is 12.1 Å². The average molecular weight is 336 g/mol. The maximum Gasteiger partial charge on any atom is 0.471 e. The third kappa shape index (κ3) is 4.84. The Morgan fingerprint density at radius 2 is 1.71 bits per heavy atom. The summed E-state index contributed by atoms with van der Waals surface area (Å²) in [5, 5.41) is 4.48. The number of alkyl halides is 3. The van der Waals surface area contributed by atoms with Crippen molar-refractivity contribution in [2.24, 2.45) is 0 Å². The van der Waals surface area contributed by atoms with Crippen molar-refractivity contribution < 1.29 is 22.8 Å². The molecule has 2 rings (SSSR count). The minimum absolute atomic E-state index is 0.0334. The second-order valence-electron chi connectivity index (χ2n) is 5.20. The molecule has 0 aliphatic heterocycles. The Kier molecular flexibility index (Phi) is 5.23. The van der Waals surface area contributed by atoms with E-state index in [1.807, 2.05) is 13.0 Å². The molecule has 2 amide bonds. The molecule has 0 unspecified atom stereocenters. The highest BCUT2D eigenvalue weighted by Gasteiger charge is 2.38. The second kappa shape index (κ2) is 7.16. The van der Waals surface area contributed by atoms with Gasteiger partial charge < -0.3 is 10.6 Å². The summed E-state index contributed by atoms with van der Waals surface area (Å²) in [5.41, 5.74) is 2.23. The Hall–Kier alpha value is -2.83. The molecule has 0 bridgehead atoms. The van der Waals surface area contributed by atoms with Gasteiger partial charge in [-0.05, 0) is 36.8 Å². The topological polar surface area (TPSA) is 58.2 Å². The number of nitrogens with one attached hydrogen (secondary N) is 2. The van der Waals surface area contributed by atoms with Crippen molar-refractivity contribution in [2.75, 3.05) is 5.32 Å². The number of halogens is 3. The molecule has 0 radical (unpaired) electrons. The molecule has 0 saturated carbocycles. The normalized spacial score (nSPS) is 11.0. The minimum Gasteiger partial charge on any atom is -0.348 e. The molecule has 0 atom stereocenters. The Balaban J connectivity index is 1.92. The van der Waals surface area contributed by atoms with E-state index in [9.17, 15) is 22.8 Å². The van der Waals surface area contributed by atoms with Crippen LogP contribution in [0.15, 0.2) is 48.5 Å². The third-order valence-electron chi connectivity index (χ3n) is 3.20. The maximum atomic E-state index is 12.2. The lowest BCUT2D eigenvalue weighted by atomic mass is 10.1. The number of carbonyl (C=O) groups excluding carboxylic acids is 2. The van der Waals surface area contributed by atoms with Gasteiger partial charge in [-0.25, -0.2) is 0 Å². The minimum atomic E-state index is -4.93. The zero-order chi connectivity index (χ0) is 17.7. The largest absolute Gasteiger partial charge is 0.471 e. The molecule has 2 N–H and O–H groups in total. The first-order valence-electron chi connectivity index (χ1n) is 7.08. The van der Waals surface area contributed by atoms with Crippen molar-refractivity contribution in [2.45, 2.75) is 19.6 Å². The van der Waals surface area contributed by atoms with Crippen LogP contribution in [0, 0.1) is 6.92 Å². The van der Waals surface area contributed by atoms with E-state index in [0.29, 0.717) is 11.1 Å². The summed E-state index contributed by atoms with van der Waals surface area (Å²) >= 11 is 0. The van der Waals surface area contributed by atoms with E-state index in [2.05, 4.69) is 5.32 Å². The van der Waals surface area contributed by atoms with Gasteiger partial charge in [-0.3, -0.25) is 9.59 Å². The average Bonchev–Trinajstić information content (AvgIpc) is 2.53. The van der Waals surface area contributed by atoms with Crippen molar-refractivity contribution in [1.29, 1.82) is 0 Å². The van der Waals surface area contributed by atoms with Gasteiger partial charge in [0.25, 0.3) is 5.91 Å². The number of hydrogen-bond donors (Lipinski definition) is 2. The molecule has 126 valence electrons. The molecular formula is C17H15F3N2O2. The van der Waals surface area contributed by atoms with Gasteiger partial charge in [0, 0.05) is 17.8 Å². The van der Waals surface area contributed by atoms with Gasteiger partial charge in [0.05, 0.1) is 0 Å². The molecule has 7 heteroatoms. The summed E-state index contributed by atoms with van der Waals surface area (Å²) in [6, 6.07) is 12.9. The molecule has 0 aliphatic rings. The van der Waals surface area contributed by atoms with E-state index in [1.54, 1.807) is 23.5 Å². The molecule has 0 aromatic heterocycles. The van der Waals surface area contributed by atoms with Crippen LogP contribution >= 0.6 is 0 Å². The van der Waals surface area contributed by atoms with Gasteiger partial charge in [-0.15, -0.1) is 0 Å². The summed E-state index contributed by atoms with van der Waals surface area (Å²) in [5.74, 6) is -2.27. The standard InChI is InChI=1S/C17H15F3N2O2/c1-11-3-2-4-13(9-11)15(23)21-10-12-5-7-14(8-6-12)22-16(24)17(18,19)20/h2-9H,10H2,1H3,(H,21,23)(H,22,24). The van der Waals surface area contributed by atoms with Crippen molar-refractivity contribution >= 4 is 17.5 Å². The predicted octanol–water partition coefficient (Wildman–Crippen LogP) is 3.43. The first-order valence-corrected chi connectivity index (χ1v) is 7.08. The number of anilines is 1. The first kappa shape index (κ1) is 17.5. The zero-order valence-corrected chi connectivity index (χ0v) is 12.8. The van der Waals surface area contributed by atoms with Gasteiger partial charge in [0.2, 0.25) is 0 Å². The molecule has 24 heavy (non-hydrogen) atoms. The quantitative estimate of drug-likeness (QED) is 0.899. The number of aryl methyl sites for hydroxylation is 1. The number of benzene rings is 2. The Morgan fingerprint density at radius 1 is 1.04 bits per heavy atom. The van der Waals surface area contributed by atoms with Crippen molar-refractivity contribution in [3.8, 4) is 0 Å². The maximum absolute atomic E-state index is 12.2. The summed E-state index contributed by atoms with van der Waals surface area (Å²) < 4.78 is 36.5. The Morgan fingerprint density at radius 3 is 2.29 bits per heavy atom. The van der Waals surface area contributed by atoms with Crippen LogP contribution in [0.3, 0.4) is 0 Å². The van der Waals surface area contributed by atoms with Crippen LogP contribution in [0.25, 0.3) is 0 Å². The van der Waals surface area contributed by atoms with Crippen LogP contribution in [-0.4, -0.2) is 18.0 Å². The highest BCUT2D eigenvalue weighted by Crippen LogP contribution is 2.18. The van der Waals surface area contributed by atoms with Crippen molar-refractivity contribution in [3.63, 3.8) is 0 Å². The monoisotopic (exact) mass is 336 g/mol. The summed E-state index contributed by atoms with van der Waals surface area (Å²) in [7, 11) is 0. The van der Waals surface area contributed by atoms with Crippen LogP contribution < -0.4 is 10.6 Å². The Bertz CT molecular complexity index is 740. The molecule has 0 fully saturated rings. The number of rotatable bonds is 4. The van der Waals surface area contributed by atoms with E-state index < -0.39 is 12.1 Å². The highest BCUT2D eigenvalue weighted by atomic mass is 19.4. The fourth-order valence-corrected chi connectivity index (χ4v) is 1.98. The molecule has 0 spiro atoms. The van der Waals surface area contributed by atoms with Gasteiger partial charge in [0.1, 0.15) is 0 Å². The number of carbonyl (C=O) groups is 2. The molecule has 0 aliphatic carbocycles. The summed E-state index contributed by atoms with van der Waals surface area (Å²) in [6.07, 6.45) is -4.93. The molecule has 2 aromatic rings. The molecule has 0 saturated heterocycles. The van der Waals surface area contributed by atoms with Crippen LogP contribution in [0.5, 0.6) is 0 Å². The lowest BCUT2D eigenvalue weighted by molar-refractivity contribution is -0.167. The van der Waals surface area contributed by atoms with Gasteiger partial charge in [-0.2, -0.15) is 13.2 Å². The second-order valence-corrected chi connectivity index (χ2v) is 5.20. The molecular weight excluding hydrogens is 321 g/mol. The van der Waals surface area contributed by atoms with E-state index >= 15 is 0 Å². The highest BCUT2D eigenvalue weighted by molar-refractivity contribution is 5.95. The third-order valence-corrected chi connectivity index (χ3v) is 3.20. The Labute approximate surface area is 136 Å². The van der Waals surface area contributed by atoms with Crippen LogP contribution in [0.1, 0.15) is 21.5 Å². The van der Waals surface area contributed by atoms with E-state index in [-0.39, 0.29) is 18.1 Å². The lowest BCUT2D eigenvalue weighted by Gasteiger charge is -2.09. The van der Waals surface area contributed by atoms with E-state index in [0.717, 1.165) is 5.56 Å². The van der Waals surface area contributed by atoms with Crippen LogP contribution in [0.4, 0.5) is 18.9 Å². The fourth-order valence-electron chi connectivity index (χ4n) is 1.98. The molecule has 4 nitrogen and oxygen atoms in total. The predicted molar refractivity (Wildman–Crippen MR) is 83.5 cm³/mol. The zero-order valence-electron chi connectivity index (χ0n) is 12.8. The molecule has 0 heterocycles. The fraction of sp³-hybridized carbons (Fsp3) is 0.176. The number of hydrogen-bond acceptors (Lipinski definition) is 2. The van der Waals surface area contributed by atoms with Gasteiger partial charge in [0.15, 0.2) is 0 Å². The van der Waals surface area contributed by atoms with Gasteiger partial charge in [-0.1, -0.05) is 29.8 Å². The van der Waals surface area contributed by atoms with Crippen LogP contribution in [0.2, 0.25) is 0 Å². The number of amides is 2. The first-order chi connectivity index (χ1) is 11.3. The summed E-state index contributed by atoms with van der Waals surface area (Å²) in [4.78, 5) is 22.8. The molecule has 2 aromatic carbocycles. The summed E-state index contributed by atoms with van der Waals surface area (Å²) in [6.45, 7) is 2.10. The van der Waals surface area contributed by atoms with Crippen LogP contribution in [-0.2, 0) is 11.3 Å². The van der Waals surface area contributed by atoms with E-state index in [1.165, 1.54) is 24.3 Å². The van der Waals surface area contributed by atoms with Crippen molar-refractivity contribution in [1.82, 2.24) is 5.32 Å². The smallest absolute Gasteiger partial charge is 0.348 e. The van der Waals surface area contributed by atoms with E-state index in [4.69, 9.17) is 0 Å². The SMILES string of the molecule is Cc1cccc(C(=O)NCc2ccc(NC(=O)C(F)(F)F)cc2)c1. The lowest BCUT2D eigenvalue weighted by Crippen LogP contribution is -2.29.